The number of hydrogen-bond acceptors (Lipinski definition) is 3. The largest absolute Gasteiger partial charge is 0.300 e. The second-order valence-electron chi connectivity index (χ2n) is 3.58. The summed E-state index contributed by atoms with van der Waals surface area (Å²) in [5.74, 6) is -1.12. The Bertz CT molecular complexity index is 514. The van der Waals surface area contributed by atoms with Crippen molar-refractivity contribution in [1.29, 1.82) is 5.26 Å². The summed E-state index contributed by atoms with van der Waals surface area (Å²) in [6, 6.07) is 7.21. The number of carbonyl (C=O) groups excluding carboxylic acids is 2. The summed E-state index contributed by atoms with van der Waals surface area (Å²) in [5.41, 5.74) is 1.98. The first-order chi connectivity index (χ1) is 7.69. The quantitative estimate of drug-likeness (QED) is 0.550. The van der Waals surface area contributed by atoms with E-state index < -0.39 is 11.7 Å². The highest BCUT2D eigenvalue weighted by atomic mass is 16.2. The molecular formula is C12H10N2O2. The number of hydrogen-bond donors (Lipinski definition) is 0. The molecule has 80 valence electrons. The van der Waals surface area contributed by atoms with Crippen LogP contribution in [0.2, 0.25) is 0 Å². The van der Waals surface area contributed by atoms with Gasteiger partial charge in [-0.1, -0.05) is 13.0 Å². The molecule has 0 aromatic heterocycles. The fraction of sp³-hybridized carbons (Fsp3) is 0.250. The smallest absolute Gasteiger partial charge is 0.291 e. The summed E-state index contributed by atoms with van der Waals surface area (Å²) in [4.78, 5) is 24.4. The molecule has 1 aliphatic rings. The Morgan fingerprint density at radius 1 is 1.38 bits per heavy atom. The lowest BCUT2D eigenvalue weighted by atomic mass is 10.1. The van der Waals surface area contributed by atoms with E-state index in [1.807, 2.05) is 19.1 Å². The van der Waals surface area contributed by atoms with Gasteiger partial charge in [-0.05, 0) is 24.1 Å². The van der Waals surface area contributed by atoms with Gasteiger partial charge >= 0.3 is 0 Å². The van der Waals surface area contributed by atoms with E-state index in [-0.39, 0.29) is 6.54 Å². The molecule has 0 aliphatic carbocycles. The minimum atomic E-state index is -0.607. The number of ketones is 1. The lowest BCUT2D eigenvalue weighted by Crippen LogP contribution is -2.29. The summed E-state index contributed by atoms with van der Waals surface area (Å²) in [5, 5.41) is 8.60. The van der Waals surface area contributed by atoms with E-state index in [1.54, 1.807) is 12.1 Å². The number of Topliss-reactive ketones (excluding diaryl/α,β-unsaturated/α-hetero) is 1. The van der Waals surface area contributed by atoms with Crippen molar-refractivity contribution in [2.45, 2.75) is 13.3 Å². The number of benzene rings is 1. The van der Waals surface area contributed by atoms with Gasteiger partial charge in [0.15, 0.2) is 0 Å². The third-order valence-electron chi connectivity index (χ3n) is 2.67. The van der Waals surface area contributed by atoms with Gasteiger partial charge < -0.3 is 0 Å². The Labute approximate surface area is 93.1 Å². The lowest BCUT2D eigenvalue weighted by molar-refractivity contribution is -0.114. The van der Waals surface area contributed by atoms with E-state index in [0.717, 1.165) is 12.0 Å². The zero-order chi connectivity index (χ0) is 11.7. The van der Waals surface area contributed by atoms with Crippen molar-refractivity contribution in [3.8, 4) is 6.07 Å². The van der Waals surface area contributed by atoms with Crippen LogP contribution in [0, 0.1) is 11.3 Å². The van der Waals surface area contributed by atoms with Crippen LogP contribution in [0.5, 0.6) is 0 Å². The summed E-state index contributed by atoms with van der Waals surface area (Å²) in [7, 11) is 0. The van der Waals surface area contributed by atoms with Gasteiger partial charge in [0.2, 0.25) is 0 Å². The van der Waals surface area contributed by atoms with Gasteiger partial charge in [-0.25, -0.2) is 0 Å². The molecular weight excluding hydrogens is 204 g/mol. The molecule has 0 saturated carbocycles. The zero-order valence-electron chi connectivity index (χ0n) is 8.86. The Balaban J connectivity index is 2.52. The maximum absolute atomic E-state index is 11.6. The maximum Gasteiger partial charge on any atom is 0.300 e. The molecule has 0 fully saturated rings. The molecule has 1 amide bonds. The molecule has 16 heavy (non-hydrogen) atoms. The van der Waals surface area contributed by atoms with E-state index in [0.29, 0.717) is 11.3 Å². The molecule has 2 rings (SSSR count). The molecule has 1 aromatic carbocycles. The van der Waals surface area contributed by atoms with Gasteiger partial charge in [0, 0.05) is 0 Å². The molecule has 0 unspecified atom stereocenters. The van der Waals surface area contributed by atoms with E-state index in [1.165, 1.54) is 4.90 Å². The minimum Gasteiger partial charge on any atom is -0.291 e. The van der Waals surface area contributed by atoms with Crippen molar-refractivity contribution in [2.75, 3.05) is 11.4 Å². The van der Waals surface area contributed by atoms with Gasteiger partial charge in [-0.15, -0.1) is 0 Å². The van der Waals surface area contributed by atoms with Crippen LogP contribution in [-0.2, 0) is 11.2 Å². The predicted molar refractivity (Wildman–Crippen MR) is 58.1 cm³/mol. The van der Waals surface area contributed by atoms with Crippen LogP contribution in [-0.4, -0.2) is 18.2 Å². The molecule has 4 heteroatoms. The highest BCUT2D eigenvalue weighted by molar-refractivity contribution is 6.52. The van der Waals surface area contributed by atoms with Crippen LogP contribution in [0.1, 0.15) is 22.8 Å². The molecule has 1 heterocycles. The third-order valence-corrected chi connectivity index (χ3v) is 2.67. The molecule has 0 N–H and O–H groups in total. The highest BCUT2D eigenvalue weighted by Crippen LogP contribution is 2.29. The first-order valence-corrected chi connectivity index (χ1v) is 5.05. The summed E-state index contributed by atoms with van der Waals surface area (Å²) in [6.45, 7) is 1.90. The molecule has 4 nitrogen and oxygen atoms in total. The molecule has 0 spiro atoms. The van der Waals surface area contributed by atoms with E-state index >= 15 is 0 Å². The number of nitrogens with zero attached hydrogens (tertiary/aromatic N) is 2. The first-order valence-electron chi connectivity index (χ1n) is 5.05. The number of carbonyl (C=O) groups is 2. The second-order valence-corrected chi connectivity index (χ2v) is 3.58. The zero-order valence-corrected chi connectivity index (χ0v) is 8.86. The molecule has 0 atom stereocenters. The van der Waals surface area contributed by atoms with Crippen molar-refractivity contribution in [3.63, 3.8) is 0 Å². The Morgan fingerprint density at radius 3 is 2.75 bits per heavy atom. The highest BCUT2D eigenvalue weighted by Gasteiger charge is 2.35. The fourth-order valence-corrected chi connectivity index (χ4v) is 1.80. The number of nitriles is 1. The Kier molecular flexibility index (Phi) is 2.45. The summed E-state index contributed by atoms with van der Waals surface area (Å²) < 4.78 is 0. The minimum absolute atomic E-state index is 0.0803. The van der Waals surface area contributed by atoms with Crippen LogP contribution in [0.4, 0.5) is 5.69 Å². The van der Waals surface area contributed by atoms with Gasteiger partial charge in [0.25, 0.3) is 11.7 Å². The maximum atomic E-state index is 11.6. The van der Waals surface area contributed by atoms with Crippen molar-refractivity contribution >= 4 is 17.4 Å². The molecule has 0 saturated heterocycles. The monoisotopic (exact) mass is 214 g/mol. The van der Waals surface area contributed by atoms with Crippen molar-refractivity contribution in [3.05, 3.63) is 29.3 Å². The van der Waals surface area contributed by atoms with Crippen LogP contribution in [0.3, 0.4) is 0 Å². The molecule has 1 aliphatic heterocycles. The number of rotatable bonds is 2. The molecule has 1 aromatic rings. The summed E-state index contributed by atoms with van der Waals surface area (Å²) in [6.07, 6.45) is 0.813. The number of amides is 1. The average molecular weight is 214 g/mol. The van der Waals surface area contributed by atoms with Crippen LogP contribution in [0.15, 0.2) is 18.2 Å². The topological polar surface area (TPSA) is 61.2 Å². The van der Waals surface area contributed by atoms with Gasteiger partial charge in [-0.3, -0.25) is 14.5 Å². The number of fused-ring (bicyclic) bond motifs is 1. The van der Waals surface area contributed by atoms with E-state index in [2.05, 4.69) is 0 Å². The average Bonchev–Trinajstić information content (AvgIpc) is 2.54. The van der Waals surface area contributed by atoms with Crippen molar-refractivity contribution in [1.82, 2.24) is 0 Å². The molecule has 0 radical (unpaired) electrons. The van der Waals surface area contributed by atoms with Crippen molar-refractivity contribution in [2.24, 2.45) is 0 Å². The standard InChI is InChI=1S/C12H10N2O2/c1-2-8-3-4-10-9(7-8)11(15)12(16)14(10)6-5-13/h3-4,7H,2,6H2,1H3. The van der Waals surface area contributed by atoms with E-state index in [4.69, 9.17) is 5.26 Å². The van der Waals surface area contributed by atoms with E-state index in [9.17, 15) is 9.59 Å². The van der Waals surface area contributed by atoms with Gasteiger partial charge in [0.05, 0.1) is 17.3 Å². The predicted octanol–water partition coefficient (Wildman–Crippen LogP) is 1.30. The fourth-order valence-electron chi connectivity index (χ4n) is 1.80. The van der Waals surface area contributed by atoms with Gasteiger partial charge in [-0.2, -0.15) is 5.26 Å². The number of aryl methyl sites for hydroxylation is 1. The Hall–Kier alpha value is -2.15. The van der Waals surface area contributed by atoms with Crippen LogP contribution >= 0.6 is 0 Å². The first kappa shape index (κ1) is 10.4. The van der Waals surface area contributed by atoms with Gasteiger partial charge in [0.1, 0.15) is 6.54 Å². The molecule has 0 bridgehead atoms. The second kappa shape index (κ2) is 3.78. The normalized spacial score (nSPS) is 13.9. The lowest BCUT2D eigenvalue weighted by Gasteiger charge is -2.11. The third kappa shape index (κ3) is 1.38. The van der Waals surface area contributed by atoms with Crippen LogP contribution < -0.4 is 4.90 Å². The Morgan fingerprint density at radius 2 is 2.12 bits per heavy atom. The summed E-state index contributed by atoms with van der Waals surface area (Å²) >= 11 is 0. The number of anilines is 1. The van der Waals surface area contributed by atoms with Crippen LogP contribution in [0.25, 0.3) is 0 Å². The SMILES string of the molecule is CCc1ccc2c(c1)C(=O)C(=O)N2CC#N. The van der Waals surface area contributed by atoms with Crippen molar-refractivity contribution < 1.29 is 9.59 Å².